The molecule has 0 unspecified atom stereocenters. The Morgan fingerprint density at radius 1 is 0.312 bits per heavy atom. The first-order valence-corrected chi connectivity index (χ1v) is 7.83. The van der Waals surface area contributed by atoms with Gasteiger partial charge in [-0.25, -0.2) is 0 Å². The van der Waals surface area contributed by atoms with Gasteiger partial charge >= 0.3 is 0 Å². The Bertz CT molecular complexity index is 8.00. The van der Waals surface area contributed by atoms with Crippen LogP contribution in [-0.2, 0) is 0 Å². The van der Waals surface area contributed by atoms with E-state index >= 15 is 0 Å². The lowest BCUT2D eigenvalue weighted by molar-refractivity contribution is 0.886. The molecule has 0 bridgehead atoms. The number of hydrogen-bond donors (Lipinski definition) is 0. The van der Waals surface area contributed by atoms with Gasteiger partial charge < -0.3 is 0 Å². The van der Waals surface area contributed by atoms with E-state index in [-0.39, 0.29) is 0 Å². The van der Waals surface area contributed by atoms with Crippen molar-refractivity contribution in [3.63, 3.8) is 0 Å². The first-order valence-electron chi connectivity index (χ1n) is 7.83. The molecule has 0 aromatic heterocycles. The summed E-state index contributed by atoms with van der Waals surface area (Å²) in [5.41, 5.74) is 0. The van der Waals surface area contributed by atoms with Crippen LogP contribution >= 0.6 is 0 Å². The summed E-state index contributed by atoms with van der Waals surface area (Å²) in [4.78, 5) is 0. The highest BCUT2D eigenvalue weighted by Gasteiger charge is 1.56. The summed E-state index contributed by atoms with van der Waals surface area (Å²) in [7, 11) is 0. The highest BCUT2D eigenvalue weighted by atomic mass is 13.6. The zero-order valence-corrected chi connectivity index (χ0v) is 14.8. The van der Waals surface area contributed by atoms with Gasteiger partial charge in [-0.15, -0.1) is 0 Å². The molecule has 0 fully saturated rings. The molecule has 0 N–H and O–H groups in total. The van der Waals surface area contributed by atoms with Gasteiger partial charge in [-0.1, -0.05) is 109 Å². The quantitative estimate of drug-likeness (QED) is 0.460. The van der Waals surface area contributed by atoms with Crippen LogP contribution in [0.2, 0.25) is 0 Å². The molecule has 0 spiro atoms. The van der Waals surface area contributed by atoms with Crippen molar-refractivity contribution in [2.75, 3.05) is 0 Å². The Kier molecular flexibility index (Phi) is 413. The van der Waals surface area contributed by atoms with Gasteiger partial charge in [0.05, 0.1) is 0 Å². The molecule has 0 amide bonds. The molecule has 0 heterocycles. The SMILES string of the molecule is CC.CC.CC.CC.CCCC.CCCC. The fourth-order valence-corrected chi connectivity index (χ4v) is 0. The van der Waals surface area contributed by atoms with Crippen LogP contribution in [0.4, 0.5) is 0 Å². The Morgan fingerprint density at radius 2 is 0.375 bits per heavy atom. The molecule has 0 aliphatic carbocycles. The topological polar surface area (TPSA) is 0 Å². The van der Waals surface area contributed by atoms with Crippen LogP contribution in [0, 0.1) is 0 Å². The van der Waals surface area contributed by atoms with Gasteiger partial charge in [0.15, 0.2) is 0 Å². The number of unbranched alkanes of at least 4 members (excludes halogenated alkanes) is 2. The summed E-state index contributed by atoms with van der Waals surface area (Å²) in [6.45, 7) is 24.7. The minimum Gasteiger partial charge on any atom is -0.0683 e. The Labute approximate surface area is 109 Å². The fourth-order valence-electron chi connectivity index (χ4n) is 0. The fraction of sp³-hybridized carbons (Fsp3) is 1.00. The van der Waals surface area contributed by atoms with Gasteiger partial charge in [-0.2, -0.15) is 0 Å². The van der Waals surface area contributed by atoms with Crippen LogP contribution in [0.5, 0.6) is 0 Å². The number of rotatable bonds is 2. The average molecular weight is 237 g/mol. The van der Waals surface area contributed by atoms with Crippen molar-refractivity contribution in [1.82, 2.24) is 0 Å². The highest BCUT2D eigenvalue weighted by molar-refractivity contribution is 4.13. The molecular weight excluding hydrogens is 192 g/mol. The molecule has 0 aliphatic rings. The van der Waals surface area contributed by atoms with Crippen LogP contribution < -0.4 is 0 Å². The Balaban J connectivity index is -0.0000000196. The van der Waals surface area contributed by atoms with E-state index in [9.17, 15) is 0 Å². The van der Waals surface area contributed by atoms with Crippen molar-refractivity contribution >= 4 is 0 Å². The monoisotopic (exact) mass is 236 g/mol. The van der Waals surface area contributed by atoms with Crippen LogP contribution in [0.1, 0.15) is 109 Å². The van der Waals surface area contributed by atoms with E-state index in [0.717, 1.165) is 0 Å². The lowest BCUT2D eigenvalue weighted by atomic mass is 10.4. The molecular formula is C16H44. The van der Waals surface area contributed by atoms with E-state index in [2.05, 4.69) is 27.7 Å². The zero-order chi connectivity index (χ0) is 14.8. The van der Waals surface area contributed by atoms with Gasteiger partial charge in [-0.05, 0) is 0 Å². The predicted octanol–water partition coefficient (Wildman–Crippen LogP) is 7.72. The van der Waals surface area contributed by atoms with Gasteiger partial charge in [-0.3, -0.25) is 0 Å². The van der Waals surface area contributed by atoms with Crippen LogP contribution in [0.25, 0.3) is 0 Å². The van der Waals surface area contributed by atoms with Crippen molar-refractivity contribution < 1.29 is 0 Å². The maximum absolute atomic E-state index is 2.18. The van der Waals surface area contributed by atoms with Crippen LogP contribution in [0.3, 0.4) is 0 Å². The van der Waals surface area contributed by atoms with Crippen molar-refractivity contribution in [2.45, 2.75) is 109 Å². The van der Waals surface area contributed by atoms with Gasteiger partial charge in [0.25, 0.3) is 0 Å². The highest BCUT2D eigenvalue weighted by Crippen LogP contribution is 1.77. The lowest BCUT2D eigenvalue weighted by Crippen LogP contribution is -1.47. The smallest absolute Gasteiger partial charge is 0.0564 e. The molecule has 0 aliphatic heterocycles. The Hall–Kier alpha value is 0. The van der Waals surface area contributed by atoms with E-state index in [1.807, 2.05) is 55.4 Å². The van der Waals surface area contributed by atoms with Crippen molar-refractivity contribution in [2.24, 2.45) is 0 Å². The van der Waals surface area contributed by atoms with Crippen LogP contribution in [0.15, 0.2) is 0 Å². The van der Waals surface area contributed by atoms with Crippen LogP contribution in [-0.4, -0.2) is 0 Å². The lowest BCUT2D eigenvalue weighted by Gasteiger charge is -1.68. The maximum Gasteiger partial charge on any atom is -0.0564 e. The van der Waals surface area contributed by atoms with E-state index in [1.54, 1.807) is 0 Å². The minimum atomic E-state index is 1.32. The summed E-state index contributed by atoms with van der Waals surface area (Å²) in [5, 5.41) is 0. The second-order valence-electron chi connectivity index (χ2n) is 2.00. The second-order valence-corrected chi connectivity index (χ2v) is 2.00. The molecule has 0 heteroatoms. The summed E-state index contributed by atoms with van der Waals surface area (Å²) < 4.78 is 0. The minimum absolute atomic E-state index is 1.32. The summed E-state index contributed by atoms with van der Waals surface area (Å²) in [6.07, 6.45) is 5.28. The standard InChI is InChI=1S/2C4H10.4C2H6/c2*1-3-4-2;4*1-2/h2*3-4H2,1-2H3;4*1-2H3. The van der Waals surface area contributed by atoms with Gasteiger partial charge in [0.2, 0.25) is 0 Å². The second kappa shape index (κ2) is 184. The molecule has 0 radical (unpaired) electrons. The molecule has 108 valence electrons. The molecule has 0 nitrogen and oxygen atoms in total. The molecule has 16 heavy (non-hydrogen) atoms. The normalized spacial score (nSPS) is 5.25. The largest absolute Gasteiger partial charge is 0.0683 e. The third-order valence-electron chi connectivity index (χ3n) is 1.000. The van der Waals surface area contributed by atoms with Crippen molar-refractivity contribution in [3.05, 3.63) is 0 Å². The summed E-state index contributed by atoms with van der Waals surface area (Å²) in [5.74, 6) is 0. The van der Waals surface area contributed by atoms with Gasteiger partial charge in [0, 0.05) is 0 Å². The third kappa shape index (κ3) is 592. The third-order valence-corrected chi connectivity index (χ3v) is 1.000. The molecule has 0 saturated carbocycles. The average Bonchev–Trinajstić information content (AvgIpc) is 2.47. The van der Waals surface area contributed by atoms with Gasteiger partial charge in [0.1, 0.15) is 0 Å². The predicted molar refractivity (Wildman–Crippen MR) is 86.6 cm³/mol. The van der Waals surface area contributed by atoms with E-state index in [0.29, 0.717) is 0 Å². The molecule has 0 atom stereocenters. The molecule has 0 rings (SSSR count). The summed E-state index contributed by atoms with van der Waals surface area (Å²) >= 11 is 0. The molecule has 0 aromatic carbocycles. The molecule has 0 aromatic rings. The van der Waals surface area contributed by atoms with E-state index < -0.39 is 0 Å². The first kappa shape index (κ1) is 36.0. The number of hydrogen-bond acceptors (Lipinski definition) is 0. The summed E-state index contributed by atoms with van der Waals surface area (Å²) in [6, 6.07) is 0. The maximum atomic E-state index is 2.18. The van der Waals surface area contributed by atoms with E-state index in [1.165, 1.54) is 25.7 Å². The molecule has 0 saturated heterocycles. The van der Waals surface area contributed by atoms with Crippen molar-refractivity contribution in [3.8, 4) is 0 Å². The van der Waals surface area contributed by atoms with E-state index in [4.69, 9.17) is 0 Å². The zero-order valence-electron chi connectivity index (χ0n) is 14.8. The van der Waals surface area contributed by atoms with Crippen molar-refractivity contribution in [1.29, 1.82) is 0 Å². The first-order chi connectivity index (χ1) is 7.83. The Morgan fingerprint density at radius 3 is 0.375 bits per heavy atom.